The normalized spacial score (nSPS) is 28.4. The van der Waals surface area contributed by atoms with Crippen molar-refractivity contribution in [1.82, 2.24) is 10.2 Å². The second-order valence-electron chi connectivity index (χ2n) is 10.2. The number of rotatable bonds is 7. The number of likely N-dealkylation sites (tertiary alicyclic amines) is 1. The number of carbonyl (C=O) groups is 3. The molecule has 3 fully saturated rings. The van der Waals surface area contributed by atoms with Gasteiger partial charge in [0.25, 0.3) is 0 Å². The molecular weight excluding hydrogens is 524 g/mol. The van der Waals surface area contributed by atoms with E-state index < -0.39 is 35.3 Å². The number of imide groups is 1. The van der Waals surface area contributed by atoms with Gasteiger partial charge in [0.05, 0.1) is 25.5 Å². The van der Waals surface area contributed by atoms with Gasteiger partial charge in [-0.2, -0.15) is 0 Å². The van der Waals surface area contributed by atoms with Crippen LogP contribution in [0.2, 0.25) is 0 Å². The van der Waals surface area contributed by atoms with E-state index in [9.17, 15) is 19.5 Å². The lowest BCUT2D eigenvalue weighted by molar-refractivity contribution is -0.152. The third-order valence-electron chi connectivity index (χ3n) is 8.17. The van der Waals surface area contributed by atoms with E-state index in [2.05, 4.69) is 21.2 Å². The Balaban J connectivity index is 1.60. The number of amides is 2. The summed E-state index contributed by atoms with van der Waals surface area (Å²) in [7, 11) is 1.55. The fourth-order valence-electron chi connectivity index (χ4n) is 6.52. The molecule has 1 aliphatic carbocycles. The highest BCUT2D eigenvalue weighted by atomic mass is 79.9. The molecule has 1 saturated carbocycles. The van der Waals surface area contributed by atoms with Gasteiger partial charge >= 0.3 is 5.97 Å². The monoisotopic (exact) mass is 554 g/mol. The Labute approximate surface area is 219 Å². The maximum absolute atomic E-state index is 13.9. The van der Waals surface area contributed by atoms with E-state index in [0.29, 0.717) is 17.7 Å². The molecule has 36 heavy (non-hydrogen) atoms. The van der Waals surface area contributed by atoms with E-state index in [1.807, 2.05) is 42.5 Å². The number of nitrogens with one attached hydrogen (secondary N) is 1. The highest BCUT2D eigenvalue weighted by molar-refractivity contribution is 9.10. The van der Waals surface area contributed by atoms with Crippen molar-refractivity contribution in [2.45, 2.75) is 56.7 Å². The Kier molecular flexibility index (Phi) is 6.92. The number of hydrogen-bond acceptors (Lipinski definition) is 5. The minimum absolute atomic E-state index is 0.132. The summed E-state index contributed by atoms with van der Waals surface area (Å²) in [5, 5.41) is 14.0. The van der Waals surface area contributed by atoms with Gasteiger partial charge in [0.15, 0.2) is 0 Å². The average molecular weight is 555 g/mol. The lowest BCUT2D eigenvalue weighted by Crippen LogP contribution is -2.56. The van der Waals surface area contributed by atoms with Gasteiger partial charge in [0.2, 0.25) is 11.8 Å². The second kappa shape index (κ2) is 9.98. The average Bonchev–Trinajstić information content (AvgIpc) is 3.35. The number of methoxy groups -OCH3 is 1. The van der Waals surface area contributed by atoms with Crippen molar-refractivity contribution < 1.29 is 24.2 Å². The number of halogens is 1. The zero-order chi connectivity index (χ0) is 25.4. The third-order valence-corrected chi connectivity index (χ3v) is 8.67. The van der Waals surface area contributed by atoms with Crippen LogP contribution in [-0.4, -0.2) is 40.4 Å². The number of ether oxygens (including phenoxy) is 1. The van der Waals surface area contributed by atoms with Gasteiger partial charge in [0.1, 0.15) is 11.3 Å². The number of carbonyl (C=O) groups excluding carboxylic acids is 2. The Morgan fingerprint density at radius 1 is 1.11 bits per heavy atom. The van der Waals surface area contributed by atoms with Gasteiger partial charge in [-0.15, -0.1) is 0 Å². The largest absolute Gasteiger partial charge is 0.496 e. The van der Waals surface area contributed by atoms with Gasteiger partial charge in [0, 0.05) is 16.1 Å². The third kappa shape index (κ3) is 4.24. The van der Waals surface area contributed by atoms with Crippen molar-refractivity contribution in [2.24, 2.45) is 17.8 Å². The van der Waals surface area contributed by atoms with Crippen LogP contribution >= 0.6 is 15.9 Å². The summed E-state index contributed by atoms with van der Waals surface area (Å²) in [6.45, 7) is 0.132. The van der Waals surface area contributed by atoms with Gasteiger partial charge in [-0.25, -0.2) is 0 Å². The molecule has 0 bridgehead atoms. The molecule has 2 aromatic rings. The highest BCUT2D eigenvalue weighted by Gasteiger charge is 2.68. The molecular formula is C28H31BrN2O5. The molecule has 4 unspecified atom stereocenters. The van der Waals surface area contributed by atoms with Crippen LogP contribution in [0.4, 0.5) is 0 Å². The number of hydrogen-bond donors (Lipinski definition) is 2. The van der Waals surface area contributed by atoms with Crippen molar-refractivity contribution in [2.75, 3.05) is 7.11 Å². The van der Waals surface area contributed by atoms with E-state index >= 15 is 0 Å². The zero-order valence-electron chi connectivity index (χ0n) is 20.3. The van der Waals surface area contributed by atoms with Gasteiger partial charge < -0.3 is 9.84 Å². The van der Waals surface area contributed by atoms with Crippen molar-refractivity contribution in [1.29, 1.82) is 0 Å². The number of nitrogens with zero attached hydrogens (tertiary/aromatic N) is 1. The van der Waals surface area contributed by atoms with Gasteiger partial charge in [-0.1, -0.05) is 78.4 Å². The Morgan fingerprint density at radius 3 is 2.50 bits per heavy atom. The lowest BCUT2D eigenvalue weighted by Gasteiger charge is -2.35. The van der Waals surface area contributed by atoms with E-state index in [-0.39, 0.29) is 18.4 Å². The number of aliphatic carboxylic acids is 1. The first kappa shape index (κ1) is 25.0. The molecule has 190 valence electrons. The topological polar surface area (TPSA) is 95.9 Å². The number of carboxylic acids is 1. The molecule has 4 atom stereocenters. The predicted molar refractivity (Wildman–Crippen MR) is 137 cm³/mol. The first-order valence-electron chi connectivity index (χ1n) is 12.6. The second-order valence-corrected chi connectivity index (χ2v) is 11.2. The maximum Gasteiger partial charge on any atom is 0.324 e. The molecule has 3 aliphatic rings. The van der Waals surface area contributed by atoms with Gasteiger partial charge in [-0.05, 0) is 36.1 Å². The summed E-state index contributed by atoms with van der Waals surface area (Å²) in [6, 6.07) is 14.2. The summed E-state index contributed by atoms with van der Waals surface area (Å²) in [4.78, 5) is 42.2. The summed E-state index contributed by atoms with van der Waals surface area (Å²) < 4.78 is 6.39. The van der Waals surface area contributed by atoms with Crippen molar-refractivity contribution in [3.63, 3.8) is 0 Å². The van der Waals surface area contributed by atoms with Crippen LogP contribution in [0.1, 0.15) is 55.7 Å². The minimum atomic E-state index is -1.52. The molecule has 5 rings (SSSR count). The molecule has 0 radical (unpaired) electrons. The van der Waals surface area contributed by atoms with Crippen LogP contribution < -0.4 is 10.1 Å². The Hall–Kier alpha value is -2.71. The fourth-order valence-corrected chi connectivity index (χ4v) is 6.90. The SMILES string of the molecule is COc1ccc(Br)cc1C1NC(CC2CCCCC2)(C(=O)O)C2C(=O)N(Cc3ccccc3)C(=O)C12. The fraction of sp³-hybridized carbons (Fsp3) is 0.464. The summed E-state index contributed by atoms with van der Waals surface area (Å²) >= 11 is 3.50. The highest BCUT2D eigenvalue weighted by Crippen LogP contribution is 2.53. The quantitative estimate of drug-likeness (QED) is 0.481. The molecule has 8 heteroatoms. The minimum Gasteiger partial charge on any atom is -0.496 e. The van der Waals surface area contributed by atoms with E-state index in [1.165, 1.54) is 4.90 Å². The van der Waals surface area contributed by atoms with Crippen LogP contribution in [0.3, 0.4) is 0 Å². The van der Waals surface area contributed by atoms with Crippen LogP contribution in [0.5, 0.6) is 5.75 Å². The molecule has 2 aromatic carbocycles. The molecule has 0 spiro atoms. The van der Waals surface area contributed by atoms with Crippen LogP contribution in [0.15, 0.2) is 53.0 Å². The lowest BCUT2D eigenvalue weighted by atomic mass is 9.72. The molecule has 2 aliphatic heterocycles. The first-order chi connectivity index (χ1) is 17.4. The maximum atomic E-state index is 13.9. The smallest absolute Gasteiger partial charge is 0.324 e. The van der Waals surface area contributed by atoms with E-state index in [4.69, 9.17) is 4.74 Å². The molecule has 2 heterocycles. The van der Waals surface area contributed by atoms with E-state index in [0.717, 1.165) is 42.1 Å². The zero-order valence-corrected chi connectivity index (χ0v) is 21.9. The predicted octanol–water partition coefficient (Wildman–Crippen LogP) is 4.70. The Morgan fingerprint density at radius 2 is 1.83 bits per heavy atom. The van der Waals surface area contributed by atoms with E-state index in [1.54, 1.807) is 13.2 Å². The summed E-state index contributed by atoms with van der Waals surface area (Å²) in [6.07, 6.45) is 5.48. The number of benzene rings is 2. The molecule has 2 N–H and O–H groups in total. The van der Waals surface area contributed by atoms with Gasteiger partial charge in [-0.3, -0.25) is 24.6 Å². The molecule has 2 saturated heterocycles. The van der Waals surface area contributed by atoms with Crippen LogP contribution in [0.25, 0.3) is 0 Å². The van der Waals surface area contributed by atoms with Crippen molar-refractivity contribution in [3.8, 4) is 5.75 Å². The Bertz CT molecular complexity index is 1170. The van der Waals surface area contributed by atoms with Crippen molar-refractivity contribution in [3.05, 3.63) is 64.1 Å². The summed E-state index contributed by atoms with van der Waals surface area (Å²) in [5.41, 5.74) is -0.0173. The van der Waals surface area contributed by atoms with Crippen molar-refractivity contribution >= 4 is 33.7 Å². The molecule has 7 nitrogen and oxygen atoms in total. The van der Waals surface area contributed by atoms with Crippen LogP contribution in [-0.2, 0) is 20.9 Å². The summed E-state index contributed by atoms with van der Waals surface area (Å²) in [5.74, 6) is -2.88. The number of carboxylic acid groups (broad SMARTS) is 1. The molecule has 2 amide bonds. The first-order valence-corrected chi connectivity index (χ1v) is 13.4. The molecule has 0 aromatic heterocycles. The standard InChI is InChI=1S/C28H31BrN2O5/c1-36-21-13-12-19(29)14-20(21)24-22-23(26(33)31(25(22)32)16-18-10-6-3-7-11-18)28(30-24,27(34)35)15-17-8-4-2-5-9-17/h3,6-7,10-14,17,22-24,30H,2,4-5,8-9,15-16H2,1H3,(H,34,35). The van der Waals surface area contributed by atoms with Crippen LogP contribution in [0, 0.1) is 17.8 Å². The number of fused-ring (bicyclic) bond motifs is 1.